The normalized spacial score (nSPS) is 23.3. The molecule has 1 aliphatic rings. The van der Waals surface area contributed by atoms with Crippen molar-refractivity contribution in [1.82, 2.24) is 5.32 Å². The highest BCUT2D eigenvalue weighted by molar-refractivity contribution is 5.85. The van der Waals surface area contributed by atoms with Crippen molar-refractivity contribution in [3.63, 3.8) is 0 Å². The van der Waals surface area contributed by atoms with Gasteiger partial charge in [0.2, 0.25) is 0 Å². The Hall–Kier alpha value is -1.55. The Morgan fingerprint density at radius 3 is 2.35 bits per heavy atom. The molecule has 26 heavy (non-hydrogen) atoms. The monoisotopic (exact) mass is 375 g/mol. The third-order valence-electron chi connectivity index (χ3n) is 5.16. The van der Waals surface area contributed by atoms with Gasteiger partial charge in [0.15, 0.2) is 0 Å². The van der Waals surface area contributed by atoms with Gasteiger partial charge >= 0.3 is 0 Å². The largest absolute Gasteiger partial charge is 0.457 e. The van der Waals surface area contributed by atoms with Crippen LogP contribution in [0.1, 0.15) is 38.7 Å². The van der Waals surface area contributed by atoms with Crippen LogP contribution in [0.4, 0.5) is 0 Å². The highest BCUT2D eigenvalue weighted by Gasteiger charge is 2.33. The van der Waals surface area contributed by atoms with Crippen LogP contribution in [-0.4, -0.2) is 23.3 Å². The van der Waals surface area contributed by atoms with Crippen molar-refractivity contribution in [3.05, 3.63) is 60.2 Å². The Morgan fingerprint density at radius 2 is 1.69 bits per heavy atom. The highest BCUT2D eigenvalue weighted by atomic mass is 35.5. The number of benzene rings is 2. The molecule has 142 valence electrons. The van der Waals surface area contributed by atoms with Gasteiger partial charge in [0, 0.05) is 12.1 Å². The van der Waals surface area contributed by atoms with Crippen molar-refractivity contribution in [1.29, 1.82) is 0 Å². The van der Waals surface area contributed by atoms with Crippen LogP contribution in [0.15, 0.2) is 54.6 Å². The predicted octanol–water partition coefficient (Wildman–Crippen LogP) is 4.97. The van der Waals surface area contributed by atoms with E-state index < -0.39 is 0 Å². The van der Waals surface area contributed by atoms with Crippen LogP contribution in [0.2, 0.25) is 0 Å². The second-order valence-corrected chi connectivity index (χ2v) is 7.25. The zero-order chi connectivity index (χ0) is 17.6. The summed E-state index contributed by atoms with van der Waals surface area (Å²) in [7, 11) is 0. The standard InChI is InChI=1S/C22H29NO2.ClH/c1-3-16(2)23-21-14-18(15-22(21)24)13-17-9-11-20(12-10-17)25-19-7-5-4-6-8-19;/h4-12,16,18,21-24H,3,13-15H2,1-2H3;1H. The van der Waals surface area contributed by atoms with Crippen molar-refractivity contribution in [3.8, 4) is 11.5 Å². The first kappa shape index (κ1) is 20.8. The number of halogens is 1. The van der Waals surface area contributed by atoms with Gasteiger partial charge in [-0.15, -0.1) is 12.4 Å². The number of para-hydroxylation sites is 1. The van der Waals surface area contributed by atoms with E-state index in [-0.39, 0.29) is 24.6 Å². The van der Waals surface area contributed by atoms with E-state index in [0.29, 0.717) is 12.0 Å². The summed E-state index contributed by atoms with van der Waals surface area (Å²) < 4.78 is 5.84. The first-order valence-corrected chi connectivity index (χ1v) is 9.40. The van der Waals surface area contributed by atoms with E-state index >= 15 is 0 Å². The number of rotatable bonds is 7. The van der Waals surface area contributed by atoms with E-state index in [1.807, 2.05) is 42.5 Å². The molecular weight excluding hydrogens is 346 g/mol. The van der Waals surface area contributed by atoms with Crippen LogP contribution in [-0.2, 0) is 6.42 Å². The Labute approximate surface area is 163 Å². The van der Waals surface area contributed by atoms with Gasteiger partial charge in [0.1, 0.15) is 11.5 Å². The van der Waals surface area contributed by atoms with Crippen LogP contribution in [0, 0.1) is 5.92 Å². The van der Waals surface area contributed by atoms with Gasteiger partial charge in [0.05, 0.1) is 6.10 Å². The minimum Gasteiger partial charge on any atom is -0.457 e. The molecule has 1 aliphatic carbocycles. The predicted molar refractivity (Wildman–Crippen MR) is 109 cm³/mol. The van der Waals surface area contributed by atoms with Crippen molar-refractivity contribution < 1.29 is 9.84 Å². The second kappa shape index (κ2) is 9.96. The lowest BCUT2D eigenvalue weighted by Crippen LogP contribution is -2.40. The lowest BCUT2D eigenvalue weighted by atomic mass is 9.97. The van der Waals surface area contributed by atoms with E-state index in [4.69, 9.17) is 4.74 Å². The minimum atomic E-state index is -0.223. The van der Waals surface area contributed by atoms with Crippen LogP contribution < -0.4 is 10.1 Å². The SMILES string of the molecule is CCC(C)NC1CC(Cc2ccc(Oc3ccccc3)cc2)CC1O.Cl. The molecule has 3 rings (SSSR count). The van der Waals surface area contributed by atoms with Crippen molar-refractivity contribution in [2.45, 2.75) is 57.7 Å². The number of aliphatic hydroxyl groups excluding tert-OH is 1. The van der Waals surface area contributed by atoms with Gasteiger partial charge in [0.25, 0.3) is 0 Å². The maximum Gasteiger partial charge on any atom is 0.127 e. The van der Waals surface area contributed by atoms with E-state index in [2.05, 4.69) is 31.3 Å². The van der Waals surface area contributed by atoms with Crippen molar-refractivity contribution >= 4 is 12.4 Å². The van der Waals surface area contributed by atoms with Gasteiger partial charge in [-0.05, 0) is 68.4 Å². The molecule has 1 fully saturated rings. The molecule has 4 heteroatoms. The van der Waals surface area contributed by atoms with Gasteiger partial charge in [-0.2, -0.15) is 0 Å². The number of nitrogens with one attached hydrogen (secondary N) is 1. The average Bonchev–Trinajstić information content (AvgIpc) is 2.96. The Bertz CT molecular complexity index is 647. The molecule has 0 spiro atoms. The number of hydrogen-bond donors (Lipinski definition) is 2. The zero-order valence-electron chi connectivity index (χ0n) is 15.6. The molecule has 2 N–H and O–H groups in total. The molecule has 0 bridgehead atoms. The molecular formula is C22H30ClNO2. The Morgan fingerprint density at radius 1 is 1.04 bits per heavy atom. The molecule has 0 aliphatic heterocycles. The summed E-state index contributed by atoms with van der Waals surface area (Å²) in [6, 6.07) is 18.9. The van der Waals surface area contributed by atoms with Gasteiger partial charge in [-0.1, -0.05) is 37.3 Å². The smallest absolute Gasteiger partial charge is 0.127 e. The summed E-state index contributed by atoms with van der Waals surface area (Å²) in [6.45, 7) is 4.36. The molecule has 1 saturated carbocycles. The fourth-order valence-corrected chi connectivity index (χ4v) is 3.60. The van der Waals surface area contributed by atoms with E-state index in [1.165, 1.54) is 5.56 Å². The lowest BCUT2D eigenvalue weighted by Gasteiger charge is -2.21. The molecule has 2 aromatic carbocycles. The molecule has 0 aromatic heterocycles. The zero-order valence-corrected chi connectivity index (χ0v) is 16.4. The lowest BCUT2D eigenvalue weighted by molar-refractivity contribution is 0.141. The Kier molecular flexibility index (Phi) is 7.95. The highest BCUT2D eigenvalue weighted by Crippen LogP contribution is 2.30. The Balaban J connectivity index is 0.00000243. The topological polar surface area (TPSA) is 41.5 Å². The minimum absolute atomic E-state index is 0. The van der Waals surface area contributed by atoms with E-state index in [1.54, 1.807) is 0 Å². The summed E-state index contributed by atoms with van der Waals surface area (Å²) in [5.41, 5.74) is 1.31. The van der Waals surface area contributed by atoms with Crippen LogP contribution in [0.3, 0.4) is 0 Å². The fourth-order valence-electron chi connectivity index (χ4n) is 3.60. The fraction of sp³-hybridized carbons (Fsp3) is 0.455. The summed E-state index contributed by atoms with van der Waals surface area (Å²) in [6.07, 6.45) is 3.82. The molecule has 4 atom stereocenters. The van der Waals surface area contributed by atoms with E-state index in [0.717, 1.165) is 37.2 Å². The summed E-state index contributed by atoms with van der Waals surface area (Å²) >= 11 is 0. The molecule has 0 heterocycles. The number of hydrogen-bond acceptors (Lipinski definition) is 3. The first-order valence-electron chi connectivity index (χ1n) is 9.40. The quantitative estimate of drug-likeness (QED) is 0.717. The third-order valence-corrected chi connectivity index (χ3v) is 5.16. The van der Waals surface area contributed by atoms with Crippen LogP contribution >= 0.6 is 12.4 Å². The number of ether oxygens (including phenoxy) is 1. The van der Waals surface area contributed by atoms with Gasteiger partial charge < -0.3 is 15.2 Å². The molecule has 0 amide bonds. The first-order chi connectivity index (χ1) is 12.1. The molecule has 0 saturated heterocycles. The summed E-state index contributed by atoms with van der Waals surface area (Å²) in [4.78, 5) is 0. The molecule has 3 nitrogen and oxygen atoms in total. The molecule has 0 radical (unpaired) electrons. The maximum atomic E-state index is 10.3. The average molecular weight is 376 g/mol. The van der Waals surface area contributed by atoms with Gasteiger partial charge in [-0.3, -0.25) is 0 Å². The van der Waals surface area contributed by atoms with E-state index in [9.17, 15) is 5.11 Å². The van der Waals surface area contributed by atoms with Crippen LogP contribution in [0.25, 0.3) is 0 Å². The number of aliphatic hydroxyl groups is 1. The van der Waals surface area contributed by atoms with Gasteiger partial charge in [-0.25, -0.2) is 0 Å². The second-order valence-electron chi connectivity index (χ2n) is 7.25. The summed E-state index contributed by atoms with van der Waals surface area (Å²) in [5.74, 6) is 2.25. The van der Waals surface area contributed by atoms with Crippen molar-refractivity contribution in [2.75, 3.05) is 0 Å². The van der Waals surface area contributed by atoms with Crippen LogP contribution in [0.5, 0.6) is 11.5 Å². The summed E-state index contributed by atoms with van der Waals surface area (Å²) in [5, 5.41) is 13.9. The molecule has 2 aromatic rings. The maximum absolute atomic E-state index is 10.3. The molecule has 4 unspecified atom stereocenters. The van der Waals surface area contributed by atoms with Crippen molar-refractivity contribution in [2.24, 2.45) is 5.92 Å². The third kappa shape index (κ3) is 5.73.